The molecule has 0 aliphatic carbocycles. The Bertz CT molecular complexity index is 998. The van der Waals surface area contributed by atoms with Gasteiger partial charge in [-0.05, 0) is 50.8 Å². The lowest BCUT2D eigenvalue weighted by Gasteiger charge is -2.18. The molecule has 6 nitrogen and oxygen atoms in total. The SMILES string of the molecule is CCOc1ccc(CN(C)Cn2nc(-c3ccccc3)n(CC)c2=S)cc1OC. The number of aromatic nitrogens is 3. The van der Waals surface area contributed by atoms with Crippen molar-refractivity contribution in [3.05, 3.63) is 58.9 Å². The van der Waals surface area contributed by atoms with Crippen LogP contribution >= 0.6 is 12.2 Å². The third kappa shape index (κ3) is 4.86. The Kier molecular flexibility index (Phi) is 7.06. The van der Waals surface area contributed by atoms with Crippen molar-refractivity contribution >= 4 is 12.2 Å². The van der Waals surface area contributed by atoms with Gasteiger partial charge in [0.25, 0.3) is 0 Å². The lowest BCUT2D eigenvalue weighted by atomic mass is 10.2. The van der Waals surface area contributed by atoms with Gasteiger partial charge in [-0.15, -0.1) is 0 Å². The highest BCUT2D eigenvalue weighted by Crippen LogP contribution is 2.28. The van der Waals surface area contributed by atoms with Gasteiger partial charge in [0.1, 0.15) is 0 Å². The monoisotopic (exact) mass is 412 g/mol. The average Bonchev–Trinajstić information content (AvgIpc) is 3.05. The van der Waals surface area contributed by atoms with Crippen LogP contribution in [-0.2, 0) is 19.8 Å². The quantitative estimate of drug-likeness (QED) is 0.481. The molecule has 0 atom stereocenters. The highest BCUT2D eigenvalue weighted by molar-refractivity contribution is 7.71. The molecule has 0 amide bonds. The molecule has 0 aliphatic heterocycles. The Balaban J connectivity index is 1.78. The van der Waals surface area contributed by atoms with E-state index in [1.54, 1.807) is 7.11 Å². The minimum atomic E-state index is 0.598. The molecule has 7 heteroatoms. The van der Waals surface area contributed by atoms with Crippen LogP contribution in [0.4, 0.5) is 0 Å². The lowest BCUT2D eigenvalue weighted by Crippen LogP contribution is -2.22. The first-order chi connectivity index (χ1) is 14.1. The third-order valence-electron chi connectivity index (χ3n) is 4.63. The first kappa shape index (κ1) is 21.1. The van der Waals surface area contributed by atoms with Crippen LogP contribution in [0.3, 0.4) is 0 Å². The molecule has 0 saturated carbocycles. The second-order valence-electron chi connectivity index (χ2n) is 6.79. The maximum absolute atomic E-state index is 5.68. The molecule has 1 heterocycles. The summed E-state index contributed by atoms with van der Waals surface area (Å²) >= 11 is 5.68. The number of hydrogen-bond acceptors (Lipinski definition) is 5. The zero-order valence-electron chi connectivity index (χ0n) is 17.5. The molecule has 154 valence electrons. The van der Waals surface area contributed by atoms with Gasteiger partial charge in [0, 0.05) is 18.7 Å². The summed E-state index contributed by atoms with van der Waals surface area (Å²) in [6, 6.07) is 16.2. The van der Waals surface area contributed by atoms with Gasteiger partial charge in [-0.2, -0.15) is 5.10 Å². The van der Waals surface area contributed by atoms with Crippen molar-refractivity contribution < 1.29 is 9.47 Å². The fourth-order valence-electron chi connectivity index (χ4n) is 3.29. The van der Waals surface area contributed by atoms with Crippen molar-refractivity contribution in [2.45, 2.75) is 33.6 Å². The topological polar surface area (TPSA) is 44.5 Å². The number of ether oxygens (including phenoxy) is 2. The Labute approximate surface area is 177 Å². The predicted octanol–water partition coefficient (Wildman–Crippen LogP) is 4.60. The molecule has 2 aromatic carbocycles. The van der Waals surface area contributed by atoms with Crippen molar-refractivity contribution in [3.63, 3.8) is 0 Å². The molecule has 0 spiro atoms. The van der Waals surface area contributed by atoms with Crippen LogP contribution in [0.25, 0.3) is 11.4 Å². The zero-order chi connectivity index (χ0) is 20.8. The molecule has 0 aliphatic rings. The average molecular weight is 413 g/mol. The van der Waals surface area contributed by atoms with E-state index in [0.717, 1.165) is 46.3 Å². The van der Waals surface area contributed by atoms with Gasteiger partial charge in [-0.1, -0.05) is 36.4 Å². The summed E-state index contributed by atoms with van der Waals surface area (Å²) in [6.07, 6.45) is 0. The minimum absolute atomic E-state index is 0.598. The highest BCUT2D eigenvalue weighted by Gasteiger charge is 2.13. The molecule has 0 N–H and O–H groups in total. The van der Waals surface area contributed by atoms with Crippen LogP contribution in [0.15, 0.2) is 48.5 Å². The van der Waals surface area contributed by atoms with Crippen LogP contribution in [0.5, 0.6) is 11.5 Å². The molecule has 29 heavy (non-hydrogen) atoms. The van der Waals surface area contributed by atoms with Crippen LogP contribution in [-0.4, -0.2) is 40.0 Å². The second-order valence-corrected chi connectivity index (χ2v) is 7.15. The Morgan fingerprint density at radius 1 is 1.07 bits per heavy atom. The normalized spacial score (nSPS) is 11.1. The van der Waals surface area contributed by atoms with E-state index in [4.69, 9.17) is 26.8 Å². The predicted molar refractivity (Wildman–Crippen MR) is 118 cm³/mol. The van der Waals surface area contributed by atoms with Crippen LogP contribution in [0.2, 0.25) is 0 Å². The van der Waals surface area contributed by atoms with E-state index in [9.17, 15) is 0 Å². The van der Waals surface area contributed by atoms with E-state index in [2.05, 4.69) is 41.6 Å². The van der Waals surface area contributed by atoms with E-state index >= 15 is 0 Å². The fraction of sp³-hybridized carbons (Fsp3) is 0.364. The first-order valence-corrected chi connectivity index (χ1v) is 10.2. The summed E-state index contributed by atoms with van der Waals surface area (Å²) in [5, 5.41) is 4.79. The van der Waals surface area contributed by atoms with Gasteiger partial charge in [0.2, 0.25) is 0 Å². The summed E-state index contributed by atoms with van der Waals surface area (Å²) in [5.41, 5.74) is 2.20. The second kappa shape index (κ2) is 9.71. The van der Waals surface area contributed by atoms with Crippen molar-refractivity contribution in [1.29, 1.82) is 0 Å². The molecular weight excluding hydrogens is 384 g/mol. The molecule has 0 saturated heterocycles. The van der Waals surface area contributed by atoms with Crippen LogP contribution < -0.4 is 9.47 Å². The van der Waals surface area contributed by atoms with Gasteiger partial charge < -0.3 is 14.0 Å². The molecule has 0 radical (unpaired) electrons. The lowest BCUT2D eigenvalue weighted by molar-refractivity contribution is 0.243. The highest BCUT2D eigenvalue weighted by atomic mass is 32.1. The molecule has 3 rings (SSSR count). The van der Waals surface area contributed by atoms with Crippen LogP contribution in [0, 0.1) is 4.77 Å². The summed E-state index contributed by atoms with van der Waals surface area (Å²) in [4.78, 5) is 2.17. The Morgan fingerprint density at radius 2 is 1.83 bits per heavy atom. The van der Waals surface area contributed by atoms with Gasteiger partial charge in [-0.25, -0.2) is 4.68 Å². The molecule has 0 fully saturated rings. The number of methoxy groups -OCH3 is 1. The number of hydrogen-bond donors (Lipinski definition) is 0. The summed E-state index contributed by atoms with van der Waals surface area (Å²) < 4.78 is 15.7. The standard InChI is InChI=1S/C22H28N4O2S/c1-5-25-21(18-10-8-7-9-11-18)23-26(22(25)29)16-24(3)15-17-12-13-19(28-6-2)20(14-17)27-4/h7-14H,5-6,15-16H2,1-4H3. The number of nitrogens with zero attached hydrogens (tertiary/aromatic N) is 4. The molecule has 1 aromatic heterocycles. The van der Waals surface area contributed by atoms with Gasteiger partial charge >= 0.3 is 0 Å². The minimum Gasteiger partial charge on any atom is -0.493 e. The van der Waals surface area contributed by atoms with E-state index in [0.29, 0.717) is 13.3 Å². The molecule has 0 unspecified atom stereocenters. The molecule has 0 bridgehead atoms. The van der Waals surface area contributed by atoms with Gasteiger partial charge in [0.15, 0.2) is 22.1 Å². The molecule has 3 aromatic rings. The zero-order valence-corrected chi connectivity index (χ0v) is 18.3. The summed E-state index contributed by atoms with van der Waals surface area (Å²) in [7, 11) is 3.71. The summed E-state index contributed by atoms with van der Waals surface area (Å²) in [6.45, 7) is 6.78. The number of rotatable bonds is 9. The third-order valence-corrected chi connectivity index (χ3v) is 5.06. The van der Waals surface area contributed by atoms with Gasteiger partial charge in [-0.3, -0.25) is 4.90 Å². The fourth-order valence-corrected chi connectivity index (χ4v) is 3.61. The van der Waals surface area contributed by atoms with Crippen molar-refractivity contribution in [3.8, 4) is 22.9 Å². The number of benzene rings is 2. The van der Waals surface area contributed by atoms with Crippen LogP contribution in [0.1, 0.15) is 19.4 Å². The first-order valence-electron chi connectivity index (χ1n) is 9.78. The van der Waals surface area contributed by atoms with Crippen molar-refractivity contribution in [1.82, 2.24) is 19.2 Å². The molecular formula is C22H28N4O2S. The maximum Gasteiger partial charge on any atom is 0.199 e. The van der Waals surface area contributed by atoms with E-state index in [1.807, 2.05) is 41.9 Å². The van der Waals surface area contributed by atoms with E-state index in [-0.39, 0.29) is 0 Å². The largest absolute Gasteiger partial charge is 0.493 e. The van der Waals surface area contributed by atoms with Crippen molar-refractivity contribution in [2.24, 2.45) is 0 Å². The van der Waals surface area contributed by atoms with E-state index < -0.39 is 0 Å². The summed E-state index contributed by atoms with van der Waals surface area (Å²) in [5.74, 6) is 2.41. The van der Waals surface area contributed by atoms with Crippen molar-refractivity contribution in [2.75, 3.05) is 20.8 Å². The Morgan fingerprint density at radius 3 is 2.48 bits per heavy atom. The smallest absolute Gasteiger partial charge is 0.199 e. The van der Waals surface area contributed by atoms with Gasteiger partial charge in [0.05, 0.1) is 20.4 Å². The Hall–Kier alpha value is -2.64. The maximum atomic E-state index is 5.68. The van der Waals surface area contributed by atoms with E-state index in [1.165, 1.54) is 0 Å².